The van der Waals surface area contributed by atoms with Crippen LogP contribution in [0.2, 0.25) is 0 Å². The number of benzene rings is 3. The number of hydrogen-bond acceptors (Lipinski definition) is 6. The van der Waals surface area contributed by atoms with E-state index in [1.165, 1.54) is 19.2 Å². The third kappa shape index (κ3) is 4.26. The minimum atomic E-state index is -3.90. The molecule has 0 amide bonds. The smallest absolute Gasteiger partial charge is 0.342 e. The largest absolute Gasteiger partial charge is 0.497 e. The molecule has 0 unspecified atom stereocenters. The van der Waals surface area contributed by atoms with Crippen LogP contribution < -0.4 is 9.46 Å². The van der Waals surface area contributed by atoms with Gasteiger partial charge in [0.15, 0.2) is 0 Å². The number of rotatable bonds is 8. The van der Waals surface area contributed by atoms with E-state index in [1.54, 1.807) is 25.1 Å². The van der Waals surface area contributed by atoms with E-state index in [2.05, 4.69) is 4.72 Å². The van der Waals surface area contributed by atoms with E-state index in [9.17, 15) is 13.2 Å². The first kappa shape index (κ1) is 22.7. The Morgan fingerprint density at radius 1 is 1.00 bits per heavy atom. The minimum Gasteiger partial charge on any atom is -0.497 e. The lowest BCUT2D eigenvalue weighted by Crippen LogP contribution is -2.13. The Balaban J connectivity index is 1.91. The number of ether oxygens (including phenoxy) is 2. The molecule has 0 radical (unpaired) electrons. The van der Waals surface area contributed by atoms with Crippen LogP contribution >= 0.6 is 0 Å². The average Bonchev–Trinajstić information content (AvgIpc) is 3.17. The van der Waals surface area contributed by atoms with Crippen LogP contribution in [0.3, 0.4) is 0 Å². The molecule has 0 saturated carbocycles. The van der Waals surface area contributed by atoms with Crippen LogP contribution in [0.4, 0.5) is 5.69 Å². The van der Waals surface area contributed by atoms with E-state index in [0.717, 1.165) is 6.42 Å². The number of sulfonamides is 1. The number of esters is 1. The van der Waals surface area contributed by atoms with Crippen molar-refractivity contribution in [2.24, 2.45) is 0 Å². The third-order valence-electron chi connectivity index (χ3n) is 5.34. The summed E-state index contributed by atoms with van der Waals surface area (Å²) in [5.41, 5.74) is 1.22. The van der Waals surface area contributed by atoms with E-state index < -0.39 is 16.0 Å². The van der Waals surface area contributed by atoms with Crippen molar-refractivity contribution in [1.29, 1.82) is 0 Å². The highest BCUT2D eigenvalue weighted by Crippen LogP contribution is 2.38. The molecule has 33 heavy (non-hydrogen) atoms. The molecule has 0 saturated heterocycles. The first-order chi connectivity index (χ1) is 15.9. The molecule has 172 valence electrons. The van der Waals surface area contributed by atoms with Crippen LogP contribution in [0, 0.1) is 0 Å². The SMILES string of the molecule is CCCc1oc2c(cc(NS(=O)(=O)c3ccc(OC)cc3)c3ccccc32)c1C(=O)OCC. The summed E-state index contributed by atoms with van der Waals surface area (Å²) >= 11 is 0. The van der Waals surface area contributed by atoms with Crippen molar-refractivity contribution in [3.05, 3.63) is 65.9 Å². The quantitative estimate of drug-likeness (QED) is 0.343. The molecule has 0 aliphatic heterocycles. The molecule has 0 bridgehead atoms. The fraction of sp³-hybridized carbons (Fsp3) is 0.240. The van der Waals surface area contributed by atoms with Gasteiger partial charge in [0, 0.05) is 22.6 Å². The van der Waals surface area contributed by atoms with Gasteiger partial charge in [-0.2, -0.15) is 0 Å². The summed E-state index contributed by atoms with van der Waals surface area (Å²) < 4.78 is 45.5. The Kier molecular flexibility index (Phi) is 6.29. The number of nitrogens with one attached hydrogen (secondary N) is 1. The van der Waals surface area contributed by atoms with Gasteiger partial charge < -0.3 is 13.9 Å². The first-order valence-electron chi connectivity index (χ1n) is 10.7. The van der Waals surface area contributed by atoms with Gasteiger partial charge in [0.2, 0.25) is 0 Å². The molecule has 8 heteroatoms. The Labute approximate surface area is 192 Å². The zero-order valence-corrected chi connectivity index (χ0v) is 19.5. The normalized spacial score (nSPS) is 11.6. The molecular formula is C25H25NO6S. The number of carbonyl (C=O) groups is 1. The van der Waals surface area contributed by atoms with Gasteiger partial charge in [-0.15, -0.1) is 0 Å². The Bertz CT molecular complexity index is 1420. The molecule has 1 heterocycles. The number of furan rings is 1. The molecule has 3 aromatic carbocycles. The topological polar surface area (TPSA) is 94.8 Å². The minimum absolute atomic E-state index is 0.0944. The summed E-state index contributed by atoms with van der Waals surface area (Å²) in [6.07, 6.45) is 1.34. The summed E-state index contributed by atoms with van der Waals surface area (Å²) in [5.74, 6) is 0.604. The molecule has 0 fully saturated rings. The summed E-state index contributed by atoms with van der Waals surface area (Å²) in [4.78, 5) is 12.9. The van der Waals surface area contributed by atoms with E-state index in [4.69, 9.17) is 13.9 Å². The lowest BCUT2D eigenvalue weighted by molar-refractivity contribution is 0.0526. The van der Waals surface area contributed by atoms with Gasteiger partial charge in [0.1, 0.15) is 22.7 Å². The standard InChI is InChI=1S/C25H25NO6S/c1-4-8-22-23(25(27)31-5-2)20-15-21(18-9-6-7-10-19(18)24(20)32-22)26-33(28,29)17-13-11-16(30-3)12-14-17/h6-7,9-15,26H,4-5,8H2,1-3H3. The molecule has 0 spiro atoms. The predicted octanol–water partition coefficient (Wildman–Crippen LogP) is 5.52. The van der Waals surface area contributed by atoms with Crippen molar-refractivity contribution < 1.29 is 27.1 Å². The van der Waals surface area contributed by atoms with Gasteiger partial charge in [-0.05, 0) is 43.7 Å². The van der Waals surface area contributed by atoms with Crippen LogP contribution in [0.1, 0.15) is 36.4 Å². The van der Waals surface area contributed by atoms with Gasteiger partial charge in [-0.3, -0.25) is 4.72 Å². The summed E-state index contributed by atoms with van der Waals surface area (Å²) in [6, 6.07) is 15.1. The monoisotopic (exact) mass is 467 g/mol. The maximum absolute atomic E-state index is 13.1. The molecular weight excluding hydrogens is 442 g/mol. The van der Waals surface area contributed by atoms with Crippen LogP contribution in [-0.4, -0.2) is 28.1 Å². The molecule has 0 atom stereocenters. The van der Waals surface area contributed by atoms with E-state index in [0.29, 0.717) is 50.9 Å². The zero-order valence-electron chi connectivity index (χ0n) is 18.7. The van der Waals surface area contributed by atoms with Crippen molar-refractivity contribution >= 4 is 43.4 Å². The van der Waals surface area contributed by atoms with Crippen molar-refractivity contribution in [3.63, 3.8) is 0 Å². The maximum Gasteiger partial charge on any atom is 0.342 e. The third-order valence-corrected chi connectivity index (χ3v) is 6.72. The summed E-state index contributed by atoms with van der Waals surface area (Å²) in [6.45, 7) is 3.96. The zero-order chi connectivity index (χ0) is 23.6. The fourth-order valence-corrected chi connectivity index (χ4v) is 4.91. The van der Waals surface area contributed by atoms with Crippen LogP contribution in [0.25, 0.3) is 21.7 Å². The van der Waals surface area contributed by atoms with Gasteiger partial charge in [0.05, 0.1) is 24.3 Å². The number of anilines is 1. The molecule has 4 aromatic rings. The van der Waals surface area contributed by atoms with Crippen molar-refractivity contribution in [3.8, 4) is 5.75 Å². The van der Waals surface area contributed by atoms with Crippen molar-refractivity contribution in [2.75, 3.05) is 18.4 Å². The summed E-state index contributed by atoms with van der Waals surface area (Å²) in [5, 5.41) is 1.88. The molecule has 7 nitrogen and oxygen atoms in total. The second kappa shape index (κ2) is 9.15. The highest BCUT2D eigenvalue weighted by molar-refractivity contribution is 7.92. The van der Waals surface area contributed by atoms with E-state index in [1.807, 2.05) is 31.2 Å². The highest BCUT2D eigenvalue weighted by Gasteiger charge is 2.25. The lowest BCUT2D eigenvalue weighted by atomic mass is 10.0. The van der Waals surface area contributed by atoms with E-state index in [-0.39, 0.29) is 11.5 Å². The maximum atomic E-state index is 13.1. The second-order valence-electron chi connectivity index (χ2n) is 7.50. The van der Waals surface area contributed by atoms with Crippen molar-refractivity contribution in [1.82, 2.24) is 0 Å². The van der Waals surface area contributed by atoms with Gasteiger partial charge in [0.25, 0.3) is 10.0 Å². The first-order valence-corrected chi connectivity index (χ1v) is 12.2. The molecule has 1 aromatic heterocycles. The van der Waals surface area contributed by atoms with Gasteiger partial charge >= 0.3 is 5.97 Å². The van der Waals surface area contributed by atoms with Gasteiger partial charge in [-0.1, -0.05) is 31.2 Å². The number of carbonyl (C=O) groups excluding carboxylic acids is 1. The fourth-order valence-electron chi connectivity index (χ4n) is 3.84. The Hall–Kier alpha value is -3.52. The molecule has 0 aliphatic rings. The Morgan fingerprint density at radius 3 is 2.33 bits per heavy atom. The van der Waals surface area contributed by atoms with Crippen LogP contribution in [-0.2, 0) is 21.2 Å². The lowest BCUT2D eigenvalue weighted by Gasteiger charge is -2.12. The highest BCUT2D eigenvalue weighted by atomic mass is 32.2. The second-order valence-corrected chi connectivity index (χ2v) is 9.18. The Morgan fingerprint density at radius 2 is 1.70 bits per heavy atom. The number of fused-ring (bicyclic) bond motifs is 3. The molecule has 0 aliphatic carbocycles. The number of hydrogen-bond donors (Lipinski definition) is 1. The predicted molar refractivity (Wildman–Crippen MR) is 127 cm³/mol. The number of methoxy groups -OCH3 is 1. The molecule has 4 rings (SSSR count). The van der Waals surface area contributed by atoms with E-state index >= 15 is 0 Å². The van der Waals surface area contributed by atoms with Gasteiger partial charge in [-0.25, -0.2) is 13.2 Å². The van der Waals surface area contributed by atoms with Crippen molar-refractivity contribution in [2.45, 2.75) is 31.6 Å². The van der Waals surface area contributed by atoms with Crippen LogP contribution in [0.15, 0.2) is 63.9 Å². The number of aryl methyl sites for hydroxylation is 1. The van der Waals surface area contributed by atoms with Crippen LogP contribution in [0.5, 0.6) is 5.75 Å². The average molecular weight is 468 g/mol. The molecule has 1 N–H and O–H groups in total. The summed E-state index contributed by atoms with van der Waals surface area (Å²) in [7, 11) is -2.38.